The number of phenolic OH excluding ortho intramolecular Hbond substituents is 1. The minimum Gasteiger partial charge on any atom is -0.508 e. The Labute approximate surface area is 86.5 Å². The number of hydrogen-bond acceptors (Lipinski definition) is 4. The van der Waals surface area contributed by atoms with E-state index in [4.69, 9.17) is 15.6 Å². The molecule has 5 nitrogen and oxygen atoms in total. The maximum absolute atomic E-state index is 11.4. The third-order valence-electron chi connectivity index (χ3n) is 1.79. The zero-order chi connectivity index (χ0) is 11.4. The van der Waals surface area contributed by atoms with Gasteiger partial charge in [0.1, 0.15) is 5.75 Å². The quantitative estimate of drug-likeness (QED) is 0.706. The summed E-state index contributed by atoms with van der Waals surface area (Å²) in [5.41, 5.74) is 5.18. The lowest BCUT2D eigenvalue weighted by Gasteiger charge is -2.09. The van der Waals surface area contributed by atoms with Crippen LogP contribution in [0.15, 0.2) is 24.3 Å². The smallest absolute Gasteiger partial charge is 0.338 e. The molecule has 0 saturated carbocycles. The Morgan fingerprint density at radius 2 is 1.87 bits per heavy atom. The summed E-state index contributed by atoms with van der Waals surface area (Å²) < 4.78 is 4.74. The van der Waals surface area contributed by atoms with Gasteiger partial charge in [0.25, 0.3) is 5.91 Å². The number of aromatic hydroxyl groups is 1. The molecule has 15 heavy (non-hydrogen) atoms. The highest BCUT2D eigenvalue weighted by molar-refractivity contribution is 5.91. The Hall–Kier alpha value is -2.04. The molecule has 0 aliphatic heterocycles. The number of ether oxygens (including phenoxy) is 1. The second-order valence-electron chi connectivity index (χ2n) is 3.00. The molecular weight excluding hydrogens is 198 g/mol. The van der Waals surface area contributed by atoms with Gasteiger partial charge in [0.15, 0.2) is 6.10 Å². The molecule has 1 atom stereocenters. The number of hydrogen-bond donors (Lipinski definition) is 2. The van der Waals surface area contributed by atoms with Gasteiger partial charge in [-0.15, -0.1) is 0 Å². The first-order valence-electron chi connectivity index (χ1n) is 4.30. The zero-order valence-corrected chi connectivity index (χ0v) is 8.14. The van der Waals surface area contributed by atoms with E-state index in [1.807, 2.05) is 0 Å². The van der Waals surface area contributed by atoms with Gasteiger partial charge in [0.05, 0.1) is 5.56 Å². The van der Waals surface area contributed by atoms with Crippen molar-refractivity contribution in [2.45, 2.75) is 13.0 Å². The molecule has 5 heteroatoms. The standard InChI is InChI=1S/C10H11NO4/c1-6(9(11)13)15-10(14)7-2-4-8(12)5-3-7/h2-6,12H,1H3,(H2,11,13)/t6-/m1/s1. The predicted molar refractivity (Wildman–Crippen MR) is 52.2 cm³/mol. The second-order valence-corrected chi connectivity index (χ2v) is 3.00. The summed E-state index contributed by atoms with van der Waals surface area (Å²) in [5.74, 6) is -1.31. The Morgan fingerprint density at radius 3 is 2.33 bits per heavy atom. The number of phenols is 1. The Morgan fingerprint density at radius 1 is 1.33 bits per heavy atom. The minimum atomic E-state index is -0.966. The van der Waals surface area contributed by atoms with Crippen molar-refractivity contribution in [1.29, 1.82) is 0 Å². The Balaban J connectivity index is 2.69. The highest BCUT2D eigenvalue weighted by Crippen LogP contribution is 2.11. The van der Waals surface area contributed by atoms with Crippen molar-refractivity contribution >= 4 is 11.9 Å². The fraction of sp³-hybridized carbons (Fsp3) is 0.200. The summed E-state index contributed by atoms with van der Waals surface area (Å²) in [6.45, 7) is 1.39. The molecular formula is C10H11NO4. The van der Waals surface area contributed by atoms with E-state index in [0.29, 0.717) is 0 Å². The number of primary amides is 1. The van der Waals surface area contributed by atoms with Crippen molar-refractivity contribution in [1.82, 2.24) is 0 Å². The van der Waals surface area contributed by atoms with Crippen LogP contribution in [0.5, 0.6) is 5.75 Å². The molecule has 1 aromatic rings. The monoisotopic (exact) mass is 209 g/mol. The fourth-order valence-corrected chi connectivity index (χ4v) is 0.884. The summed E-state index contributed by atoms with van der Waals surface area (Å²) in [6, 6.07) is 5.49. The number of nitrogens with two attached hydrogens (primary N) is 1. The molecule has 1 amide bonds. The summed E-state index contributed by atoms with van der Waals surface area (Å²) in [5, 5.41) is 8.98. The van der Waals surface area contributed by atoms with Crippen molar-refractivity contribution in [2.75, 3.05) is 0 Å². The van der Waals surface area contributed by atoms with E-state index in [0.717, 1.165) is 0 Å². The van der Waals surface area contributed by atoms with Gasteiger partial charge in [-0.05, 0) is 31.2 Å². The molecule has 0 heterocycles. The molecule has 3 N–H and O–H groups in total. The molecule has 0 spiro atoms. The normalized spacial score (nSPS) is 11.8. The predicted octanol–water partition coefficient (Wildman–Crippen LogP) is 0.423. The number of carbonyl (C=O) groups is 2. The lowest BCUT2D eigenvalue weighted by Crippen LogP contribution is -2.30. The van der Waals surface area contributed by atoms with Crippen molar-refractivity contribution in [3.05, 3.63) is 29.8 Å². The SMILES string of the molecule is C[C@@H](OC(=O)c1ccc(O)cc1)C(N)=O. The minimum absolute atomic E-state index is 0.0505. The molecule has 0 aromatic heterocycles. The van der Waals surface area contributed by atoms with Crippen LogP contribution in [0.2, 0.25) is 0 Å². The molecule has 0 bridgehead atoms. The van der Waals surface area contributed by atoms with Gasteiger partial charge < -0.3 is 15.6 Å². The van der Waals surface area contributed by atoms with Crippen LogP contribution in [0.25, 0.3) is 0 Å². The second kappa shape index (κ2) is 4.45. The number of rotatable bonds is 3. The maximum Gasteiger partial charge on any atom is 0.338 e. The van der Waals surface area contributed by atoms with Crippen LogP contribution in [-0.2, 0) is 9.53 Å². The van der Waals surface area contributed by atoms with E-state index in [9.17, 15) is 9.59 Å². The highest BCUT2D eigenvalue weighted by Gasteiger charge is 2.15. The summed E-state index contributed by atoms with van der Waals surface area (Å²) in [4.78, 5) is 22.0. The van der Waals surface area contributed by atoms with Crippen LogP contribution >= 0.6 is 0 Å². The molecule has 0 unspecified atom stereocenters. The molecule has 0 fully saturated rings. The Kier molecular flexibility index (Phi) is 3.28. The average Bonchev–Trinajstić information content (AvgIpc) is 2.18. The van der Waals surface area contributed by atoms with Crippen molar-refractivity contribution in [3.63, 3.8) is 0 Å². The van der Waals surface area contributed by atoms with Crippen LogP contribution in [0.3, 0.4) is 0 Å². The van der Waals surface area contributed by atoms with E-state index in [2.05, 4.69) is 0 Å². The molecule has 80 valence electrons. The van der Waals surface area contributed by atoms with Gasteiger partial charge in [-0.3, -0.25) is 4.79 Å². The number of amides is 1. The third kappa shape index (κ3) is 2.98. The van der Waals surface area contributed by atoms with E-state index < -0.39 is 18.0 Å². The molecule has 1 aromatic carbocycles. The summed E-state index contributed by atoms with van der Waals surface area (Å²) >= 11 is 0. The first-order chi connectivity index (χ1) is 7.00. The van der Waals surface area contributed by atoms with Gasteiger partial charge in [0.2, 0.25) is 0 Å². The topological polar surface area (TPSA) is 89.6 Å². The van der Waals surface area contributed by atoms with Crippen LogP contribution in [0.4, 0.5) is 0 Å². The lowest BCUT2D eigenvalue weighted by atomic mass is 10.2. The summed E-state index contributed by atoms with van der Waals surface area (Å²) in [7, 11) is 0. The molecule has 0 aliphatic carbocycles. The van der Waals surface area contributed by atoms with Gasteiger partial charge in [-0.1, -0.05) is 0 Å². The van der Waals surface area contributed by atoms with Crippen molar-refractivity contribution in [2.24, 2.45) is 5.73 Å². The number of esters is 1. The van der Waals surface area contributed by atoms with Gasteiger partial charge in [-0.25, -0.2) is 4.79 Å². The van der Waals surface area contributed by atoms with Crippen LogP contribution in [-0.4, -0.2) is 23.1 Å². The summed E-state index contributed by atoms with van der Waals surface area (Å²) in [6.07, 6.45) is -0.966. The van der Waals surface area contributed by atoms with Crippen molar-refractivity contribution < 1.29 is 19.4 Å². The first-order valence-corrected chi connectivity index (χ1v) is 4.30. The molecule has 0 radical (unpaired) electrons. The maximum atomic E-state index is 11.4. The fourth-order valence-electron chi connectivity index (χ4n) is 0.884. The third-order valence-corrected chi connectivity index (χ3v) is 1.79. The van der Waals surface area contributed by atoms with Crippen LogP contribution in [0, 0.1) is 0 Å². The largest absolute Gasteiger partial charge is 0.508 e. The van der Waals surface area contributed by atoms with E-state index in [-0.39, 0.29) is 11.3 Å². The highest BCUT2D eigenvalue weighted by atomic mass is 16.5. The Bertz CT molecular complexity index is 372. The average molecular weight is 209 g/mol. The van der Waals surface area contributed by atoms with E-state index in [1.54, 1.807) is 0 Å². The molecule has 0 aliphatic rings. The van der Waals surface area contributed by atoms with Crippen molar-refractivity contribution in [3.8, 4) is 5.75 Å². The van der Waals surface area contributed by atoms with E-state index in [1.165, 1.54) is 31.2 Å². The van der Waals surface area contributed by atoms with Crippen LogP contribution < -0.4 is 5.73 Å². The van der Waals surface area contributed by atoms with Crippen LogP contribution in [0.1, 0.15) is 17.3 Å². The molecule has 0 saturated heterocycles. The number of benzene rings is 1. The number of carbonyl (C=O) groups excluding carboxylic acids is 2. The van der Waals surface area contributed by atoms with Gasteiger partial charge in [-0.2, -0.15) is 0 Å². The van der Waals surface area contributed by atoms with Gasteiger partial charge in [0, 0.05) is 0 Å². The first kappa shape index (κ1) is 11.0. The molecule has 1 rings (SSSR count). The van der Waals surface area contributed by atoms with E-state index >= 15 is 0 Å². The zero-order valence-electron chi connectivity index (χ0n) is 8.14. The lowest BCUT2D eigenvalue weighted by molar-refractivity contribution is -0.125. The van der Waals surface area contributed by atoms with Gasteiger partial charge >= 0.3 is 5.97 Å².